The number of carbonyl (C=O) groups excluding carboxylic acids is 2. The van der Waals surface area contributed by atoms with Crippen LogP contribution in [0.1, 0.15) is 51.8 Å². The fourth-order valence-corrected chi connectivity index (χ4v) is 6.34. The third-order valence-corrected chi connectivity index (χ3v) is 7.98. The molecule has 222 valence electrons. The van der Waals surface area contributed by atoms with Gasteiger partial charge in [0.25, 0.3) is 5.56 Å². The van der Waals surface area contributed by atoms with Crippen LogP contribution < -0.4 is 33.8 Å². The number of esters is 2. The summed E-state index contributed by atoms with van der Waals surface area (Å²) in [6.45, 7) is 9.55. The van der Waals surface area contributed by atoms with Gasteiger partial charge in [0.15, 0.2) is 27.8 Å². The van der Waals surface area contributed by atoms with Crippen LogP contribution in [0.4, 0.5) is 0 Å². The van der Waals surface area contributed by atoms with Gasteiger partial charge in [-0.1, -0.05) is 17.4 Å². The predicted octanol–water partition coefficient (Wildman–Crippen LogP) is 4.13. The minimum atomic E-state index is -0.807. The molecule has 1 aliphatic rings. The molecule has 12 heteroatoms. The first kappa shape index (κ1) is 31.3. The van der Waals surface area contributed by atoms with E-state index < -0.39 is 18.0 Å². The van der Waals surface area contributed by atoms with Gasteiger partial charge in [0.2, 0.25) is 0 Å². The number of methoxy groups -OCH3 is 1. The molecule has 0 radical (unpaired) electrons. The molecule has 10 nitrogen and oxygen atoms in total. The van der Waals surface area contributed by atoms with Crippen molar-refractivity contribution in [2.24, 2.45) is 4.99 Å². The summed E-state index contributed by atoms with van der Waals surface area (Å²) in [5.74, 6) is 0.708. The molecular formula is C30H31IN2O8S. The molecule has 42 heavy (non-hydrogen) atoms. The number of nitrogens with zero attached hydrogens (tertiary/aromatic N) is 2. The van der Waals surface area contributed by atoms with Crippen LogP contribution >= 0.6 is 33.9 Å². The molecule has 0 amide bonds. The smallest absolute Gasteiger partial charge is 0.338 e. The molecule has 0 saturated heterocycles. The topological polar surface area (TPSA) is 115 Å². The molecule has 4 rings (SSSR count). The van der Waals surface area contributed by atoms with Crippen molar-refractivity contribution in [3.8, 4) is 23.0 Å². The van der Waals surface area contributed by atoms with E-state index in [1.807, 2.05) is 42.5 Å². The van der Waals surface area contributed by atoms with E-state index >= 15 is 0 Å². The van der Waals surface area contributed by atoms with E-state index in [9.17, 15) is 14.4 Å². The second kappa shape index (κ2) is 13.6. The molecule has 1 aliphatic heterocycles. The maximum atomic E-state index is 14.0. The molecule has 0 spiro atoms. The summed E-state index contributed by atoms with van der Waals surface area (Å²) in [6, 6.07) is 8.04. The highest BCUT2D eigenvalue weighted by Gasteiger charge is 2.34. The van der Waals surface area contributed by atoms with Crippen molar-refractivity contribution in [1.29, 1.82) is 0 Å². The van der Waals surface area contributed by atoms with Gasteiger partial charge in [-0.3, -0.25) is 14.2 Å². The van der Waals surface area contributed by atoms with E-state index in [2.05, 4.69) is 4.99 Å². The van der Waals surface area contributed by atoms with Gasteiger partial charge in [0.1, 0.15) is 0 Å². The Kier molecular flexibility index (Phi) is 10.1. The summed E-state index contributed by atoms with van der Waals surface area (Å²) in [5, 5.41) is 0. The Hall–Kier alpha value is -3.65. The van der Waals surface area contributed by atoms with Gasteiger partial charge in [-0.15, -0.1) is 0 Å². The third kappa shape index (κ3) is 6.38. The minimum absolute atomic E-state index is 0.171. The van der Waals surface area contributed by atoms with Gasteiger partial charge < -0.3 is 23.7 Å². The molecule has 1 aromatic heterocycles. The number of allylic oxidation sites excluding steroid dienone is 1. The maximum Gasteiger partial charge on any atom is 0.338 e. The summed E-state index contributed by atoms with van der Waals surface area (Å²) in [7, 11) is 1.48. The number of hydrogen-bond acceptors (Lipinski definition) is 10. The van der Waals surface area contributed by atoms with Gasteiger partial charge in [-0.2, -0.15) is 0 Å². The zero-order valence-corrected chi connectivity index (χ0v) is 27.1. The lowest BCUT2D eigenvalue weighted by atomic mass is 9.95. The fraction of sp³-hybridized carbons (Fsp3) is 0.333. The standard InChI is InChI=1S/C30H31IN2O8S/c1-7-38-21-11-10-19(15-22(21)39-8-2)26-25(29(36)40-9-3)16(4)32-30-33(26)28(35)24(42-30)14-18-12-20(31)27(41-17(5)34)23(13-18)37-6/h10-15,26H,7-9H2,1-6H3/b24-14-/t26-/m0/s1. The van der Waals surface area contributed by atoms with E-state index in [0.29, 0.717) is 65.9 Å². The van der Waals surface area contributed by atoms with Crippen molar-refractivity contribution in [1.82, 2.24) is 4.57 Å². The number of rotatable bonds is 10. The van der Waals surface area contributed by atoms with Gasteiger partial charge in [-0.05, 0) is 91.8 Å². The van der Waals surface area contributed by atoms with Crippen LogP contribution in [0.25, 0.3) is 6.08 Å². The van der Waals surface area contributed by atoms with Crippen LogP contribution in [0, 0.1) is 3.57 Å². The van der Waals surface area contributed by atoms with Crippen LogP contribution in [0.3, 0.4) is 0 Å². The van der Waals surface area contributed by atoms with Crippen molar-refractivity contribution in [2.45, 2.75) is 40.7 Å². The van der Waals surface area contributed by atoms with Crippen molar-refractivity contribution >= 4 is 51.9 Å². The minimum Gasteiger partial charge on any atom is -0.493 e. The Morgan fingerprint density at radius 2 is 1.76 bits per heavy atom. The molecule has 0 saturated carbocycles. The lowest BCUT2D eigenvalue weighted by molar-refractivity contribution is -0.139. The predicted molar refractivity (Wildman–Crippen MR) is 166 cm³/mol. The van der Waals surface area contributed by atoms with E-state index in [1.54, 1.807) is 44.2 Å². The van der Waals surface area contributed by atoms with Gasteiger partial charge in [0, 0.05) is 6.92 Å². The summed E-state index contributed by atoms with van der Waals surface area (Å²) in [5.41, 5.74) is 1.70. The Balaban J connectivity index is 1.93. The number of hydrogen-bond donors (Lipinski definition) is 0. The largest absolute Gasteiger partial charge is 0.493 e. The molecule has 1 atom stereocenters. The number of carbonyl (C=O) groups is 2. The Labute approximate surface area is 260 Å². The monoisotopic (exact) mass is 706 g/mol. The number of benzene rings is 2. The van der Waals surface area contributed by atoms with Crippen molar-refractivity contribution < 1.29 is 33.3 Å². The molecule has 2 aromatic carbocycles. The zero-order chi connectivity index (χ0) is 30.6. The summed E-state index contributed by atoms with van der Waals surface area (Å²) >= 11 is 3.25. The Morgan fingerprint density at radius 3 is 2.40 bits per heavy atom. The van der Waals surface area contributed by atoms with Gasteiger partial charge in [0.05, 0.1) is 52.3 Å². The van der Waals surface area contributed by atoms with Crippen molar-refractivity contribution in [2.75, 3.05) is 26.9 Å². The Bertz CT molecular complexity index is 1740. The van der Waals surface area contributed by atoms with Crippen LogP contribution in [-0.4, -0.2) is 43.4 Å². The van der Waals surface area contributed by atoms with Crippen LogP contribution in [0.15, 0.2) is 51.4 Å². The van der Waals surface area contributed by atoms with E-state index in [-0.39, 0.29) is 17.7 Å². The maximum absolute atomic E-state index is 14.0. The highest BCUT2D eigenvalue weighted by Crippen LogP contribution is 2.37. The van der Waals surface area contributed by atoms with Crippen molar-refractivity contribution in [3.63, 3.8) is 0 Å². The van der Waals surface area contributed by atoms with Gasteiger partial charge in [-0.25, -0.2) is 9.79 Å². The number of thiazole rings is 1. The SMILES string of the molecule is CCOC(=O)C1=C(C)N=c2s/c(=C\c3cc(I)c(OC(C)=O)c(OC)c3)c(=O)n2[C@H]1c1ccc(OCC)c(OCC)c1. The van der Waals surface area contributed by atoms with Crippen LogP contribution in [-0.2, 0) is 14.3 Å². The number of fused-ring (bicyclic) bond motifs is 1. The lowest BCUT2D eigenvalue weighted by Crippen LogP contribution is -2.40. The second-order valence-corrected chi connectivity index (χ2v) is 11.2. The summed E-state index contributed by atoms with van der Waals surface area (Å²) in [6.07, 6.45) is 1.72. The Morgan fingerprint density at radius 1 is 1.05 bits per heavy atom. The molecule has 0 bridgehead atoms. The van der Waals surface area contributed by atoms with E-state index in [4.69, 9.17) is 23.7 Å². The first-order chi connectivity index (χ1) is 20.1. The van der Waals surface area contributed by atoms with Crippen LogP contribution in [0.2, 0.25) is 0 Å². The average molecular weight is 707 g/mol. The molecule has 0 aliphatic carbocycles. The second-order valence-electron chi connectivity index (χ2n) is 9.00. The van der Waals surface area contributed by atoms with E-state index in [0.717, 1.165) is 0 Å². The summed E-state index contributed by atoms with van der Waals surface area (Å²) < 4.78 is 30.3. The van der Waals surface area contributed by atoms with Crippen LogP contribution in [0.5, 0.6) is 23.0 Å². The quantitative estimate of drug-likeness (QED) is 0.176. The number of ether oxygens (including phenoxy) is 5. The molecule has 2 heterocycles. The average Bonchev–Trinajstić information content (AvgIpc) is 3.24. The molecular weight excluding hydrogens is 675 g/mol. The third-order valence-electron chi connectivity index (χ3n) is 6.20. The molecule has 0 fully saturated rings. The first-order valence-electron chi connectivity index (χ1n) is 13.3. The highest BCUT2D eigenvalue weighted by molar-refractivity contribution is 14.1. The zero-order valence-electron chi connectivity index (χ0n) is 24.1. The van der Waals surface area contributed by atoms with E-state index in [1.165, 1.54) is 29.9 Å². The molecule has 3 aromatic rings. The lowest BCUT2D eigenvalue weighted by Gasteiger charge is -2.25. The number of aromatic nitrogens is 1. The fourth-order valence-electron chi connectivity index (χ4n) is 4.56. The normalized spacial score (nSPS) is 14.6. The molecule has 0 unspecified atom stereocenters. The first-order valence-corrected chi connectivity index (χ1v) is 15.2. The van der Waals surface area contributed by atoms with Crippen molar-refractivity contribution in [3.05, 3.63) is 76.0 Å². The van der Waals surface area contributed by atoms with Gasteiger partial charge >= 0.3 is 11.9 Å². The summed E-state index contributed by atoms with van der Waals surface area (Å²) in [4.78, 5) is 43.9. The highest BCUT2D eigenvalue weighted by atomic mass is 127. The number of halogens is 1. The molecule has 0 N–H and O–H groups in total.